The van der Waals surface area contributed by atoms with Crippen LogP contribution in [0.1, 0.15) is 48.8 Å². The smallest absolute Gasteiger partial charge is 0.303 e. The number of rotatable bonds is 9. The number of carboxylic acid groups (broad SMARTS) is 1. The van der Waals surface area contributed by atoms with Crippen LogP contribution < -0.4 is 4.74 Å². The van der Waals surface area contributed by atoms with Gasteiger partial charge in [-0.3, -0.25) is 14.7 Å². The van der Waals surface area contributed by atoms with Gasteiger partial charge in [-0.05, 0) is 74.4 Å². The molecule has 2 aromatic carbocycles. The number of piperidine rings is 1. The minimum absolute atomic E-state index is 0.0272. The lowest BCUT2D eigenvalue weighted by Crippen LogP contribution is -2.41. The zero-order chi connectivity index (χ0) is 28.0. The van der Waals surface area contributed by atoms with Gasteiger partial charge in [-0.25, -0.2) is 17.6 Å². The molecule has 0 amide bonds. The number of benzene rings is 2. The number of pyridine rings is 1. The lowest BCUT2D eigenvalue weighted by atomic mass is 9.72. The fourth-order valence-electron chi connectivity index (χ4n) is 5.37. The zero-order valence-electron chi connectivity index (χ0n) is 21.7. The Balaban J connectivity index is 1.42. The number of alkyl halides is 1. The number of fused-ring (bicyclic) bond motifs is 1. The summed E-state index contributed by atoms with van der Waals surface area (Å²) in [6, 6.07) is 6.68. The van der Waals surface area contributed by atoms with Crippen LogP contribution in [0.25, 0.3) is 10.9 Å². The molecule has 0 spiro atoms. The molecule has 0 radical (unpaired) electrons. The van der Waals surface area contributed by atoms with Gasteiger partial charge in [0.1, 0.15) is 29.9 Å². The fraction of sp³-hybridized carbons (Fsp3) is 0.400. The van der Waals surface area contributed by atoms with Crippen LogP contribution in [-0.4, -0.2) is 47.7 Å². The van der Waals surface area contributed by atoms with Crippen LogP contribution >= 0.6 is 0 Å². The first-order valence-electron chi connectivity index (χ1n) is 12.8. The molecule has 0 unspecified atom stereocenters. The molecule has 5 nitrogen and oxygen atoms in total. The van der Waals surface area contributed by atoms with Crippen molar-refractivity contribution >= 4 is 16.9 Å². The van der Waals surface area contributed by atoms with Crippen molar-refractivity contribution in [3.8, 4) is 17.6 Å². The number of methoxy groups -OCH3 is 1. The van der Waals surface area contributed by atoms with Crippen molar-refractivity contribution in [2.75, 3.05) is 26.7 Å². The Hall–Kier alpha value is -3.64. The molecule has 1 aromatic heterocycles. The number of carboxylic acids is 1. The summed E-state index contributed by atoms with van der Waals surface area (Å²) in [6.45, 7) is 0.782. The Labute approximate surface area is 224 Å². The third kappa shape index (κ3) is 6.87. The molecule has 2 heterocycles. The second-order valence-electron chi connectivity index (χ2n) is 10.0. The van der Waals surface area contributed by atoms with Crippen molar-refractivity contribution in [1.82, 2.24) is 9.88 Å². The molecule has 1 aliphatic rings. The van der Waals surface area contributed by atoms with Gasteiger partial charge < -0.3 is 9.84 Å². The summed E-state index contributed by atoms with van der Waals surface area (Å²) >= 11 is 0. The number of aromatic nitrogens is 1. The Morgan fingerprint density at radius 2 is 1.87 bits per heavy atom. The van der Waals surface area contributed by atoms with Crippen LogP contribution in [0.3, 0.4) is 0 Å². The second-order valence-corrected chi connectivity index (χ2v) is 10.0. The molecule has 1 N–H and O–H groups in total. The maximum atomic E-state index is 13.8. The number of ether oxygens (including phenoxy) is 1. The van der Waals surface area contributed by atoms with Gasteiger partial charge in [0, 0.05) is 29.3 Å². The molecular formula is C30H30F4N2O3. The van der Waals surface area contributed by atoms with Crippen molar-refractivity contribution in [2.45, 2.75) is 45.2 Å². The Morgan fingerprint density at radius 3 is 2.51 bits per heavy atom. The van der Waals surface area contributed by atoms with E-state index < -0.39 is 41.1 Å². The molecule has 9 heteroatoms. The van der Waals surface area contributed by atoms with Crippen LogP contribution in [0.4, 0.5) is 17.6 Å². The number of hydrogen-bond donors (Lipinski definition) is 1. The summed E-state index contributed by atoms with van der Waals surface area (Å²) < 4.78 is 59.9. The molecule has 4 rings (SSSR count). The van der Waals surface area contributed by atoms with E-state index in [1.807, 2.05) is 17.0 Å². The Kier molecular flexibility index (Phi) is 9.08. The Morgan fingerprint density at radius 1 is 1.15 bits per heavy atom. The topological polar surface area (TPSA) is 62.7 Å². The second kappa shape index (κ2) is 12.5. The van der Waals surface area contributed by atoms with E-state index in [1.54, 1.807) is 19.4 Å². The van der Waals surface area contributed by atoms with Gasteiger partial charge >= 0.3 is 5.97 Å². The minimum atomic E-state index is -1.05. The van der Waals surface area contributed by atoms with E-state index in [9.17, 15) is 27.5 Å². The van der Waals surface area contributed by atoms with Gasteiger partial charge in [-0.2, -0.15) is 0 Å². The molecule has 39 heavy (non-hydrogen) atoms. The van der Waals surface area contributed by atoms with E-state index in [0.29, 0.717) is 68.6 Å². The van der Waals surface area contributed by atoms with Crippen molar-refractivity contribution in [2.24, 2.45) is 5.41 Å². The molecule has 1 fully saturated rings. The first-order chi connectivity index (χ1) is 18.7. The van der Waals surface area contributed by atoms with Crippen LogP contribution in [-0.2, 0) is 17.9 Å². The molecule has 0 saturated carbocycles. The molecule has 3 aromatic rings. The first-order valence-corrected chi connectivity index (χ1v) is 12.8. The molecule has 0 atom stereocenters. The van der Waals surface area contributed by atoms with Crippen molar-refractivity contribution in [3.63, 3.8) is 0 Å². The largest absolute Gasteiger partial charge is 0.497 e. The number of carbonyl (C=O) groups is 1. The predicted molar refractivity (Wildman–Crippen MR) is 140 cm³/mol. The van der Waals surface area contributed by atoms with Crippen molar-refractivity contribution in [3.05, 3.63) is 70.7 Å². The van der Waals surface area contributed by atoms with Crippen LogP contribution in [0.15, 0.2) is 36.5 Å². The third-order valence-electron chi connectivity index (χ3n) is 7.52. The number of hydrogen-bond acceptors (Lipinski definition) is 4. The Bertz CT molecular complexity index is 1380. The van der Waals surface area contributed by atoms with E-state index in [0.717, 1.165) is 16.5 Å². The average Bonchev–Trinajstić information content (AvgIpc) is 2.90. The van der Waals surface area contributed by atoms with E-state index in [-0.39, 0.29) is 13.0 Å². The van der Waals surface area contributed by atoms with Gasteiger partial charge in [0.15, 0.2) is 0 Å². The van der Waals surface area contributed by atoms with Gasteiger partial charge in [0.2, 0.25) is 0 Å². The van der Waals surface area contributed by atoms with E-state index in [1.165, 1.54) is 0 Å². The number of halogens is 4. The maximum Gasteiger partial charge on any atom is 0.303 e. The maximum absolute atomic E-state index is 13.8. The number of nitrogens with zero attached hydrogens (tertiary/aromatic N) is 2. The third-order valence-corrected chi connectivity index (χ3v) is 7.52. The van der Waals surface area contributed by atoms with Crippen LogP contribution in [0.2, 0.25) is 0 Å². The van der Waals surface area contributed by atoms with Crippen LogP contribution in [0.5, 0.6) is 5.75 Å². The fourth-order valence-corrected chi connectivity index (χ4v) is 5.37. The monoisotopic (exact) mass is 542 g/mol. The van der Waals surface area contributed by atoms with Crippen molar-refractivity contribution in [1.29, 1.82) is 0 Å². The molecule has 0 aliphatic carbocycles. The zero-order valence-corrected chi connectivity index (χ0v) is 21.7. The van der Waals surface area contributed by atoms with E-state index >= 15 is 0 Å². The average molecular weight is 543 g/mol. The van der Waals surface area contributed by atoms with Crippen molar-refractivity contribution < 1.29 is 32.2 Å². The summed E-state index contributed by atoms with van der Waals surface area (Å²) in [5.41, 5.74) is 1.24. The molecule has 0 bridgehead atoms. The van der Waals surface area contributed by atoms with Gasteiger partial charge in [-0.1, -0.05) is 11.8 Å². The predicted octanol–water partition coefficient (Wildman–Crippen LogP) is 6.06. The summed E-state index contributed by atoms with van der Waals surface area (Å²) in [5, 5.41) is 10.5. The summed E-state index contributed by atoms with van der Waals surface area (Å²) in [4.78, 5) is 18.1. The van der Waals surface area contributed by atoms with Gasteiger partial charge in [0.25, 0.3) is 0 Å². The molecule has 1 aliphatic heterocycles. The summed E-state index contributed by atoms with van der Waals surface area (Å²) in [5.74, 6) is 1.89. The SMILES string of the molecule is COc1ccc2ncc(CF)c(CCCC3(CC(=O)O)CCN(CC#Cc4c(F)cc(F)cc4F)CC3)c2c1. The normalized spacial score (nSPS) is 15.1. The molecule has 1 saturated heterocycles. The lowest BCUT2D eigenvalue weighted by molar-refractivity contribution is -0.140. The number of aryl methyl sites for hydroxylation is 1. The highest BCUT2D eigenvalue weighted by Gasteiger charge is 2.36. The molecular weight excluding hydrogens is 512 g/mol. The van der Waals surface area contributed by atoms with E-state index in [2.05, 4.69) is 16.8 Å². The molecule has 206 valence electrons. The van der Waals surface area contributed by atoms with Gasteiger partial charge in [0.05, 0.1) is 31.2 Å². The minimum Gasteiger partial charge on any atom is -0.497 e. The highest BCUT2D eigenvalue weighted by atomic mass is 19.1. The standard InChI is InChI=1S/C30H30F4N2O3/c1-39-22-6-7-28-25(16-22)23(20(18-31)19-35-28)4-2-8-30(17-29(37)38)9-12-36(13-10-30)11-3-5-24-26(33)14-21(32)15-27(24)34/h6-7,14-16,19H,2,4,8-13,17-18H2,1H3,(H,37,38). The summed E-state index contributed by atoms with van der Waals surface area (Å²) in [6.07, 6.45) is 4.75. The first kappa shape index (κ1) is 28.4. The highest BCUT2D eigenvalue weighted by Crippen LogP contribution is 2.40. The number of aliphatic carboxylic acids is 1. The van der Waals surface area contributed by atoms with Gasteiger partial charge in [-0.15, -0.1) is 0 Å². The number of likely N-dealkylation sites (tertiary alicyclic amines) is 1. The van der Waals surface area contributed by atoms with Crippen LogP contribution in [0, 0.1) is 34.7 Å². The van der Waals surface area contributed by atoms with E-state index in [4.69, 9.17) is 4.74 Å². The quantitative estimate of drug-likeness (QED) is 0.263. The highest BCUT2D eigenvalue weighted by molar-refractivity contribution is 5.84. The lowest BCUT2D eigenvalue weighted by Gasteiger charge is -2.41. The summed E-state index contributed by atoms with van der Waals surface area (Å²) in [7, 11) is 1.57.